The van der Waals surface area contributed by atoms with Crippen molar-refractivity contribution in [2.75, 3.05) is 18.5 Å². The quantitative estimate of drug-likeness (QED) is 0.351. The van der Waals surface area contributed by atoms with Crippen LogP contribution in [0.2, 0.25) is 0 Å². The van der Waals surface area contributed by atoms with Gasteiger partial charge in [0.2, 0.25) is 0 Å². The van der Waals surface area contributed by atoms with Crippen LogP contribution in [0.15, 0.2) is 30.6 Å². The van der Waals surface area contributed by atoms with E-state index >= 15 is 0 Å². The van der Waals surface area contributed by atoms with Gasteiger partial charge in [-0.1, -0.05) is 6.07 Å². The van der Waals surface area contributed by atoms with Crippen LogP contribution in [-0.4, -0.2) is 61.5 Å². The first kappa shape index (κ1) is 24.8. The average Bonchev–Trinajstić information content (AvgIpc) is 3.44. The molecule has 3 fully saturated rings. The molecule has 39 heavy (non-hydrogen) atoms. The van der Waals surface area contributed by atoms with E-state index in [0.717, 1.165) is 24.8 Å². The summed E-state index contributed by atoms with van der Waals surface area (Å²) in [4.78, 5) is 57.9. The SMILES string of the molecule is O=C1COc2ccc(CNC(=O)c3cc(C(=O)NCC45CCC(C(=O)O)(CC4)CC5)n4ncnc4n3)cc2N1. The number of fused-ring (bicyclic) bond motifs is 5. The molecule has 1 aliphatic heterocycles. The van der Waals surface area contributed by atoms with Crippen LogP contribution >= 0.6 is 0 Å². The number of rotatable bonds is 7. The first-order chi connectivity index (χ1) is 18.8. The maximum absolute atomic E-state index is 13.3. The summed E-state index contributed by atoms with van der Waals surface area (Å²) in [5.74, 6) is -1.22. The zero-order valence-electron chi connectivity index (χ0n) is 21.0. The van der Waals surface area contributed by atoms with Gasteiger partial charge in [-0.15, -0.1) is 0 Å². The highest BCUT2D eigenvalue weighted by Crippen LogP contribution is 2.56. The number of benzene rings is 1. The minimum absolute atomic E-state index is 0.00924. The van der Waals surface area contributed by atoms with Crippen molar-refractivity contribution in [3.63, 3.8) is 0 Å². The van der Waals surface area contributed by atoms with Crippen LogP contribution in [0.1, 0.15) is 65.1 Å². The summed E-state index contributed by atoms with van der Waals surface area (Å²) in [5.41, 5.74) is 0.659. The summed E-state index contributed by atoms with van der Waals surface area (Å²) in [6.07, 6.45) is 5.37. The number of amides is 3. The molecular weight excluding hydrogens is 506 g/mol. The molecule has 2 bridgehead atoms. The second kappa shape index (κ2) is 9.33. The van der Waals surface area contributed by atoms with Gasteiger partial charge in [0.1, 0.15) is 23.5 Å². The standard InChI is InChI=1S/C26H27N7O6/c34-20-12-39-19-2-1-15(9-16(19)31-20)11-27-21(35)17-10-18(33-24(32-17)29-14-30-33)22(36)28-13-25-3-6-26(7-4-25,8-5-25)23(37)38/h1-2,9-10,14H,3-8,11-13H2,(H,27,35)(H,28,36)(H,31,34)(H,37,38). The number of ether oxygens (including phenoxy) is 1. The Balaban J connectivity index is 1.14. The summed E-state index contributed by atoms with van der Waals surface area (Å²) < 4.78 is 6.64. The lowest BCUT2D eigenvalue weighted by Crippen LogP contribution is -2.50. The van der Waals surface area contributed by atoms with Crippen molar-refractivity contribution >= 4 is 35.2 Å². The fraction of sp³-hybridized carbons (Fsp3) is 0.423. The molecule has 7 rings (SSSR count). The van der Waals surface area contributed by atoms with E-state index in [4.69, 9.17) is 4.74 Å². The zero-order chi connectivity index (χ0) is 27.2. The third kappa shape index (κ3) is 4.53. The summed E-state index contributed by atoms with van der Waals surface area (Å²) in [5, 5.41) is 22.2. The summed E-state index contributed by atoms with van der Waals surface area (Å²) in [6, 6.07) is 6.60. The first-order valence-electron chi connectivity index (χ1n) is 12.8. The van der Waals surface area contributed by atoms with E-state index in [1.54, 1.807) is 18.2 Å². The zero-order valence-corrected chi connectivity index (χ0v) is 21.0. The van der Waals surface area contributed by atoms with E-state index in [9.17, 15) is 24.3 Å². The highest BCUT2D eigenvalue weighted by Gasteiger charge is 2.52. The maximum atomic E-state index is 13.3. The van der Waals surface area contributed by atoms with E-state index in [0.29, 0.717) is 37.2 Å². The molecule has 4 N–H and O–H groups in total. The van der Waals surface area contributed by atoms with Crippen LogP contribution in [0.5, 0.6) is 5.75 Å². The Kier molecular flexibility index (Phi) is 5.92. The van der Waals surface area contributed by atoms with Gasteiger partial charge in [-0.25, -0.2) is 4.98 Å². The molecular formula is C26H27N7O6. The Morgan fingerprint density at radius 2 is 1.82 bits per heavy atom. The van der Waals surface area contributed by atoms with Crippen LogP contribution in [-0.2, 0) is 16.1 Å². The van der Waals surface area contributed by atoms with Gasteiger partial charge in [0.15, 0.2) is 6.61 Å². The predicted octanol–water partition coefficient (Wildman–Crippen LogP) is 1.54. The molecule has 3 amide bonds. The van der Waals surface area contributed by atoms with Gasteiger partial charge in [-0.3, -0.25) is 19.2 Å². The molecule has 3 saturated carbocycles. The van der Waals surface area contributed by atoms with Crippen molar-refractivity contribution in [2.24, 2.45) is 10.8 Å². The Bertz CT molecular complexity index is 1490. The molecule has 4 aliphatic rings. The molecule has 3 aromatic rings. The molecule has 202 valence electrons. The van der Waals surface area contributed by atoms with Crippen LogP contribution in [0.3, 0.4) is 0 Å². The Morgan fingerprint density at radius 3 is 2.56 bits per heavy atom. The summed E-state index contributed by atoms with van der Waals surface area (Å²) in [6.45, 7) is 0.533. The number of carbonyl (C=O) groups excluding carboxylic acids is 3. The number of carboxylic acids is 1. The number of carboxylic acid groups (broad SMARTS) is 1. The lowest BCUT2D eigenvalue weighted by Gasteiger charge is -2.51. The number of anilines is 1. The van der Waals surface area contributed by atoms with Crippen LogP contribution in [0.4, 0.5) is 5.69 Å². The van der Waals surface area contributed by atoms with Gasteiger partial charge < -0.3 is 25.8 Å². The van der Waals surface area contributed by atoms with Crippen molar-refractivity contribution < 1.29 is 29.0 Å². The predicted molar refractivity (Wildman–Crippen MR) is 135 cm³/mol. The van der Waals surface area contributed by atoms with Crippen LogP contribution < -0.4 is 20.7 Å². The molecule has 3 heterocycles. The molecule has 0 saturated heterocycles. The monoisotopic (exact) mass is 533 g/mol. The topological polar surface area (TPSA) is 177 Å². The maximum Gasteiger partial charge on any atom is 0.309 e. The number of carbonyl (C=O) groups is 4. The van der Waals surface area contributed by atoms with E-state index < -0.39 is 23.2 Å². The number of aliphatic carboxylic acids is 1. The second-order valence-electron chi connectivity index (χ2n) is 10.6. The minimum Gasteiger partial charge on any atom is -0.482 e. The Morgan fingerprint density at radius 1 is 1.05 bits per heavy atom. The van der Waals surface area contributed by atoms with Gasteiger partial charge in [-0.05, 0) is 61.6 Å². The number of hydrogen-bond donors (Lipinski definition) is 4. The van der Waals surface area contributed by atoms with Gasteiger partial charge in [0.25, 0.3) is 23.5 Å². The molecule has 0 unspecified atom stereocenters. The molecule has 13 nitrogen and oxygen atoms in total. The Hall–Kier alpha value is -4.55. The number of nitrogens with zero attached hydrogens (tertiary/aromatic N) is 4. The molecule has 0 spiro atoms. The highest BCUT2D eigenvalue weighted by atomic mass is 16.5. The van der Waals surface area contributed by atoms with Crippen molar-refractivity contribution in [2.45, 2.75) is 45.1 Å². The van der Waals surface area contributed by atoms with Gasteiger partial charge in [0.05, 0.1) is 11.1 Å². The fourth-order valence-electron chi connectivity index (χ4n) is 5.81. The summed E-state index contributed by atoms with van der Waals surface area (Å²) in [7, 11) is 0. The molecule has 1 aromatic carbocycles. The first-order valence-corrected chi connectivity index (χ1v) is 12.8. The van der Waals surface area contributed by atoms with Crippen molar-refractivity contribution in [3.8, 4) is 5.75 Å². The fourth-order valence-corrected chi connectivity index (χ4v) is 5.81. The van der Waals surface area contributed by atoms with E-state index in [2.05, 4.69) is 31.0 Å². The number of aromatic nitrogens is 4. The van der Waals surface area contributed by atoms with Crippen molar-refractivity contribution in [1.29, 1.82) is 0 Å². The molecule has 13 heteroatoms. The largest absolute Gasteiger partial charge is 0.482 e. The van der Waals surface area contributed by atoms with Gasteiger partial charge >= 0.3 is 5.97 Å². The average molecular weight is 534 g/mol. The minimum atomic E-state index is -0.719. The third-order valence-electron chi connectivity index (χ3n) is 8.33. The normalized spacial score (nSPS) is 23.4. The Labute approximate surface area is 222 Å². The van der Waals surface area contributed by atoms with Gasteiger partial charge in [0, 0.05) is 19.2 Å². The summed E-state index contributed by atoms with van der Waals surface area (Å²) >= 11 is 0. The lowest BCUT2D eigenvalue weighted by atomic mass is 9.53. The van der Waals surface area contributed by atoms with Crippen LogP contribution in [0, 0.1) is 10.8 Å². The molecule has 2 aromatic heterocycles. The molecule has 0 radical (unpaired) electrons. The smallest absolute Gasteiger partial charge is 0.309 e. The van der Waals surface area contributed by atoms with Crippen LogP contribution in [0.25, 0.3) is 5.78 Å². The van der Waals surface area contributed by atoms with Gasteiger partial charge in [-0.2, -0.15) is 14.6 Å². The van der Waals surface area contributed by atoms with Crippen molar-refractivity contribution in [3.05, 3.63) is 47.5 Å². The third-order valence-corrected chi connectivity index (χ3v) is 8.33. The lowest BCUT2D eigenvalue weighted by molar-refractivity contribution is -0.158. The number of nitrogens with one attached hydrogen (secondary N) is 3. The molecule has 0 atom stereocenters. The van der Waals surface area contributed by atoms with E-state index in [-0.39, 0.29) is 41.6 Å². The second-order valence-corrected chi connectivity index (χ2v) is 10.6. The number of hydrogen-bond acceptors (Lipinski definition) is 8. The van der Waals surface area contributed by atoms with Crippen molar-refractivity contribution in [1.82, 2.24) is 30.2 Å². The van der Waals surface area contributed by atoms with E-state index in [1.165, 1.54) is 16.9 Å². The molecule has 3 aliphatic carbocycles. The highest BCUT2D eigenvalue weighted by molar-refractivity contribution is 5.98. The van der Waals surface area contributed by atoms with E-state index in [1.807, 2.05) is 0 Å².